The zero-order valence-electron chi connectivity index (χ0n) is 9.95. The van der Waals surface area contributed by atoms with Crippen LogP contribution in [0.5, 0.6) is 0 Å². The van der Waals surface area contributed by atoms with E-state index in [4.69, 9.17) is 5.73 Å². The summed E-state index contributed by atoms with van der Waals surface area (Å²) in [7, 11) is 0. The average Bonchev–Trinajstić information content (AvgIpc) is 2.83. The summed E-state index contributed by atoms with van der Waals surface area (Å²) in [6, 6.07) is 7.95. The van der Waals surface area contributed by atoms with Crippen LogP contribution in [0.3, 0.4) is 0 Å². The molecule has 0 amide bonds. The Morgan fingerprint density at radius 2 is 2.19 bits per heavy atom. The van der Waals surface area contributed by atoms with Crippen molar-refractivity contribution in [3.8, 4) is 0 Å². The van der Waals surface area contributed by atoms with Gasteiger partial charge in [-0.05, 0) is 37.3 Å². The van der Waals surface area contributed by atoms with Gasteiger partial charge in [0.25, 0.3) is 0 Å². The number of rotatable bonds is 1. The molecule has 1 aromatic rings. The molecule has 0 spiro atoms. The van der Waals surface area contributed by atoms with Crippen molar-refractivity contribution in [1.29, 1.82) is 0 Å². The van der Waals surface area contributed by atoms with Crippen LogP contribution < -0.4 is 5.73 Å². The highest BCUT2D eigenvalue weighted by molar-refractivity contribution is 5.37. The van der Waals surface area contributed by atoms with Crippen molar-refractivity contribution < 1.29 is 0 Å². The van der Waals surface area contributed by atoms with Gasteiger partial charge in [-0.1, -0.05) is 23.8 Å². The highest BCUT2D eigenvalue weighted by atomic mass is 15.2. The summed E-state index contributed by atoms with van der Waals surface area (Å²) in [5.41, 5.74) is 10.5. The van der Waals surface area contributed by atoms with Crippen LogP contribution in [0.2, 0.25) is 0 Å². The Morgan fingerprint density at radius 1 is 1.31 bits per heavy atom. The van der Waals surface area contributed by atoms with E-state index in [9.17, 15) is 0 Å². The second-order valence-electron chi connectivity index (χ2n) is 5.30. The zero-order chi connectivity index (χ0) is 11.1. The van der Waals surface area contributed by atoms with Gasteiger partial charge in [0.05, 0.1) is 0 Å². The molecule has 1 saturated heterocycles. The summed E-state index contributed by atoms with van der Waals surface area (Å²) < 4.78 is 0. The van der Waals surface area contributed by atoms with Crippen LogP contribution in [-0.2, 0) is 6.42 Å². The third-order valence-electron chi connectivity index (χ3n) is 4.04. The van der Waals surface area contributed by atoms with Crippen LogP contribution >= 0.6 is 0 Å². The molecular weight excluding hydrogens is 196 g/mol. The monoisotopic (exact) mass is 216 g/mol. The number of likely N-dealkylation sites (tertiary alicyclic amines) is 1. The van der Waals surface area contributed by atoms with E-state index in [0.29, 0.717) is 12.1 Å². The summed E-state index contributed by atoms with van der Waals surface area (Å²) in [5, 5.41) is 0. The molecule has 1 aliphatic heterocycles. The number of hydrogen-bond acceptors (Lipinski definition) is 2. The van der Waals surface area contributed by atoms with Crippen molar-refractivity contribution in [3.05, 3.63) is 34.9 Å². The van der Waals surface area contributed by atoms with Crippen LogP contribution in [0.15, 0.2) is 18.2 Å². The normalized spacial score (nSPS) is 29.6. The van der Waals surface area contributed by atoms with Gasteiger partial charge in [-0.3, -0.25) is 4.90 Å². The largest absolute Gasteiger partial charge is 0.326 e. The predicted molar refractivity (Wildman–Crippen MR) is 66.4 cm³/mol. The summed E-state index contributed by atoms with van der Waals surface area (Å²) in [6.07, 6.45) is 3.69. The summed E-state index contributed by atoms with van der Waals surface area (Å²) in [6.45, 7) is 4.45. The second-order valence-corrected chi connectivity index (χ2v) is 5.30. The minimum atomic E-state index is 0.397. The van der Waals surface area contributed by atoms with E-state index < -0.39 is 0 Å². The van der Waals surface area contributed by atoms with Gasteiger partial charge < -0.3 is 5.73 Å². The molecule has 2 aliphatic rings. The molecule has 2 unspecified atom stereocenters. The fraction of sp³-hybridized carbons (Fsp3) is 0.571. The summed E-state index contributed by atoms with van der Waals surface area (Å²) >= 11 is 0. The van der Waals surface area contributed by atoms with E-state index in [1.54, 1.807) is 11.1 Å². The van der Waals surface area contributed by atoms with Gasteiger partial charge in [0.2, 0.25) is 0 Å². The number of hydrogen-bond donors (Lipinski definition) is 1. The van der Waals surface area contributed by atoms with E-state index >= 15 is 0 Å². The zero-order valence-corrected chi connectivity index (χ0v) is 9.95. The van der Waals surface area contributed by atoms with Gasteiger partial charge in [-0.25, -0.2) is 0 Å². The van der Waals surface area contributed by atoms with Gasteiger partial charge in [-0.2, -0.15) is 0 Å². The first-order chi connectivity index (χ1) is 7.74. The molecule has 3 rings (SSSR count). The quantitative estimate of drug-likeness (QED) is 0.778. The van der Waals surface area contributed by atoms with Crippen LogP contribution in [0.25, 0.3) is 0 Å². The maximum absolute atomic E-state index is 6.00. The lowest BCUT2D eigenvalue weighted by molar-refractivity contribution is 0.242. The molecule has 0 aromatic heterocycles. The Kier molecular flexibility index (Phi) is 2.49. The lowest BCUT2D eigenvalue weighted by Gasteiger charge is -2.24. The van der Waals surface area contributed by atoms with Crippen molar-refractivity contribution in [2.75, 3.05) is 13.1 Å². The van der Waals surface area contributed by atoms with Crippen molar-refractivity contribution in [2.24, 2.45) is 5.73 Å². The third-order valence-corrected chi connectivity index (χ3v) is 4.04. The Balaban J connectivity index is 1.88. The van der Waals surface area contributed by atoms with Crippen molar-refractivity contribution in [2.45, 2.75) is 38.3 Å². The standard InChI is InChI=1S/C14H20N2/c1-10-2-3-11-4-5-14(13(11)8-10)16-7-6-12(15)9-16/h2-3,8,12,14H,4-7,9,15H2,1H3. The van der Waals surface area contributed by atoms with Gasteiger partial charge in [0, 0.05) is 25.2 Å². The molecule has 1 heterocycles. The lowest BCUT2D eigenvalue weighted by Crippen LogP contribution is -2.29. The second kappa shape index (κ2) is 3.86. The third kappa shape index (κ3) is 1.66. The highest BCUT2D eigenvalue weighted by Crippen LogP contribution is 2.37. The molecule has 1 aliphatic carbocycles. The number of aryl methyl sites for hydroxylation is 2. The van der Waals surface area contributed by atoms with Crippen LogP contribution in [-0.4, -0.2) is 24.0 Å². The molecule has 16 heavy (non-hydrogen) atoms. The molecule has 0 saturated carbocycles. The predicted octanol–water partition coefficient (Wildman–Crippen LogP) is 2.02. The first kappa shape index (κ1) is 10.3. The Morgan fingerprint density at radius 3 is 2.94 bits per heavy atom. The van der Waals surface area contributed by atoms with Gasteiger partial charge >= 0.3 is 0 Å². The molecule has 86 valence electrons. The van der Waals surface area contributed by atoms with Crippen molar-refractivity contribution in [3.63, 3.8) is 0 Å². The molecule has 2 atom stereocenters. The van der Waals surface area contributed by atoms with Gasteiger partial charge in [-0.15, -0.1) is 0 Å². The first-order valence-corrected chi connectivity index (χ1v) is 6.33. The fourth-order valence-corrected chi connectivity index (χ4v) is 3.18. The molecular formula is C14H20N2. The maximum atomic E-state index is 6.00. The number of nitrogens with zero attached hydrogens (tertiary/aromatic N) is 1. The van der Waals surface area contributed by atoms with E-state index in [2.05, 4.69) is 30.0 Å². The summed E-state index contributed by atoms with van der Waals surface area (Å²) in [4.78, 5) is 2.58. The highest BCUT2D eigenvalue weighted by Gasteiger charge is 2.31. The van der Waals surface area contributed by atoms with Crippen molar-refractivity contribution in [1.82, 2.24) is 4.90 Å². The van der Waals surface area contributed by atoms with Crippen LogP contribution in [0, 0.1) is 6.92 Å². The minimum absolute atomic E-state index is 0.397. The Labute approximate surface area is 97.4 Å². The molecule has 2 N–H and O–H groups in total. The number of fused-ring (bicyclic) bond motifs is 1. The Bertz CT molecular complexity index is 400. The van der Waals surface area contributed by atoms with Gasteiger partial charge in [0.15, 0.2) is 0 Å². The van der Waals surface area contributed by atoms with Crippen LogP contribution in [0.4, 0.5) is 0 Å². The topological polar surface area (TPSA) is 29.3 Å². The maximum Gasteiger partial charge on any atom is 0.0354 e. The smallest absolute Gasteiger partial charge is 0.0354 e. The average molecular weight is 216 g/mol. The lowest BCUT2D eigenvalue weighted by atomic mass is 10.0. The molecule has 0 radical (unpaired) electrons. The van der Waals surface area contributed by atoms with E-state index in [-0.39, 0.29) is 0 Å². The molecule has 1 aromatic carbocycles. The fourth-order valence-electron chi connectivity index (χ4n) is 3.18. The van der Waals surface area contributed by atoms with Gasteiger partial charge in [0.1, 0.15) is 0 Å². The van der Waals surface area contributed by atoms with E-state index in [0.717, 1.165) is 13.0 Å². The molecule has 0 bridgehead atoms. The van der Waals surface area contributed by atoms with E-state index in [1.807, 2.05) is 0 Å². The molecule has 2 heteroatoms. The van der Waals surface area contributed by atoms with Crippen molar-refractivity contribution >= 4 is 0 Å². The molecule has 1 fully saturated rings. The first-order valence-electron chi connectivity index (χ1n) is 6.33. The molecule has 2 nitrogen and oxygen atoms in total. The van der Waals surface area contributed by atoms with Crippen LogP contribution in [0.1, 0.15) is 35.6 Å². The minimum Gasteiger partial charge on any atom is -0.326 e. The summed E-state index contributed by atoms with van der Waals surface area (Å²) in [5.74, 6) is 0. The SMILES string of the molecule is Cc1ccc2c(c1)C(N1CCC(N)C1)CC2. The Hall–Kier alpha value is -0.860. The van der Waals surface area contributed by atoms with E-state index in [1.165, 1.54) is 24.9 Å². The number of nitrogens with two attached hydrogens (primary N) is 1. The number of benzene rings is 1.